The molecule has 17 heavy (non-hydrogen) atoms. The topological polar surface area (TPSA) is 66.4 Å². The van der Waals surface area contributed by atoms with Crippen LogP contribution in [0.25, 0.3) is 0 Å². The molecule has 0 aromatic heterocycles. The number of carboxylic acid groups (broad SMARTS) is 1. The molecular formula is C13H19NO3. The molecule has 94 valence electrons. The summed E-state index contributed by atoms with van der Waals surface area (Å²) < 4.78 is 0. The number of nitrogens with one attached hydrogen (secondary N) is 1. The van der Waals surface area contributed by atoms with Crippen LogP contribution in [0.4, 0.5) is 0 Å². The second-order valence-electron chi connectivity index (χ2n) is 4.56. The normalized spacial score (nSPS) is 28.9. The van der Waals surface area contributed by atoms with Gasteiger partial charge in [0, 0.05) is 12.1 Å². The van der Waals surface area contributed by atoms with Crippen molar-refractivity contribution in [3.05, 3.63) is 24.3 Å². The zero-order valence-corrected chi connectivity index (χ0v) is 10.3. The molecule has 0 saturated heterocycles. The first-order valence-electron chi connectivity index (χ1n) is 5.84. The number of hydrogen-bond acceptors (Lipinski definition) is 2. The number of hydrogen-bond donors (Lipinski definition) is 2. The van der Waals surface area contributed by atoms with Crippen LogP contribution >= 0.6 is 0 Å². The van der Waals surface area contributed by atoms with Crippen LogP contribution in [-0.2, 0) is 9.59 Å². The molecule has 2 atom stereocenters. The van der Waals surface area contributed by atoms with E-state index in [1.807, 2.05) is 13.0 Å². The van der Waals surface area contributed by atoms with Crippen LogP contribution in [0.15, 0.2) is 24.3 Å². The lowest BCUT2D eigenvalue weighted by Gasteiger charge is -2.27. The summed E-state index contributed by atoms with van der Waals surface area (Å²) in [5, 5.41) is 12.0. The van der Waals surface area contributed by atoms with Crippen molar-refractivity contribution >= 4 is 11.9 Å². The highest BCUT2D eigenvalue weighted by atomic mass is 16.4. The van der Waals surface area contributed by atoms with Gasteiger partial charge in [-0.3, -0.25) is 9.59 Å². The summed E-state index contributed by atoms with van der Waals surface area (Å²) in [6.45, 7) is 3.56. The SMILES string of the molecule is CC=CC=CC(=O)NC1CCCC1(C)C(=O)O. The summed E-state index contributed by atoms with van der Waals surface area (Å²) in [6, 6.07) is -0.275. The minimum Gasteiger partial charge on any atom is -0.481 e. The molecule has 1 aliphatic rings. The fourth-order valence-electron chi connectivity index (χ4n) is 2.13. The van der Waals surface area contributed by atoms with E-state index in [1.165, 1.54) is 6.08 Å². The molecular weight excluding hydrogens is 218 g/mol. The van der Waals surface area contributed by atoms with Crippen molar-refractivity contribution < 1.29 is 14.7 Å². The van der Waals surface area contributed by atoms with Gasteiger partial charge in [-0.25, -0.2) is 0 Å². The maximum Gasteiger partial charge on any atom is 0.311 e. The van der Waals surface area contributed by atoms with Gasteiger partial charge in [0.1, 0.15) is 0 Å². The molecule has 0 heterocycles. The average molecular weight is 237 g/mol. The molecule has 1 rings (SSSR count). The van der Waals surface area contributed by atoms with Gasteiger partial charge in [0.15, 0.2) is 0 Å². The third kappa shape index (κ3) is 3.19. The predicted octanol–water partition coefficient (Wildman–Crippen LogP) is 1.88. The van der Waals surface area contributed by atoms with Crippen LogP contribution in [0.1, 0.15) is 33.1 Å². The van der Waals surface area contributed by atoms with Crippen molar-refractivity contribution in [2.75, 3.05) is 0 Å². The van der Waals surface area contributed by atoms with Gasteiger partial charge >= 0.3 is 5.97 Å². The highest BCUT2D eigenvalue weighted by Gasteiger charge is 2.45. The summed E-state index contributed by atoms with van der Waals surface area (Å²) in [5.41, 5.74) is -0.829. The number of amides is 1. The zero-order chi connectivity index (χ0) is 12.9. The molecule has 2 unspecified atom stereocenters. The third-order valence-electron chi connectivity index (χ3n) is 3.31. The summed E-state index contributed by atoms with van der Waals surface area (Å²) in [7, 11) is 0. The number of carbonyl (C=O) groups is 2. The standard InChI is InChI=1S/C13H19NO3/c1-3-4-5-8-11(15)14-10-7-6-9-13(10,2)12(16)17/h3-5,8,10H,6-7,9H2,1-2H3,(H,14,15)(H,16,17). The van der Waals surface area contributed by atoms with E-state index >= 15 is 0 Å². The summed E-state index contributed by atoms with van der Waals surface area (Å²) in [5.74, 6) is -1.07. The lowest BCUT2D eigenvalue weighted by molar-refractivity contribution is -0.148. The molecule has 0 bridgehead atoms. The van der Waals surface area contributed by atoms with Crippen molar-refractivity contribution in [2.45, 2.75) is 39.2 Å². The summed E-state index contributed by atoms with van der Waals surface area (Å²) >= 11 is 0. The highest BCUT2D eigenvalue weighted by Crippen LogP contribution is 2.38. The maximum atomic E-state index is 11.6. The van der Waals surface area contributed by atoms with Gasteiger partial charge in [-0.2, -0.15) is 0 Å². The van der Waals surface area contributed by atoms with E-state index in [4.69, 9.17) is 0 Å². The van der Waals surface area contributed by atoms with Gasteiger partial charge in [-0.1, -0.05) is 24.6 Å². The van der Waals surface area contributed by atoms with E-state index in [0.29, 0.717) is 6.42 Å². The number of aliphatic carboxylic acids is 1. The average Bonchev–Trinajstić information content (AvgIpc) is 2.62. The molecule has 2 N–H and O–H groups in total. The van der Waals surface area contributed by atoms with Gasteiger partial charge in [-0.15, -0.1) is 0 Å². The molecule has 4 heteroatoms. The third-order valence-corrected chi connectivity index (χ3v) is 3.31. The van der Waals surface area contributed by atoms with E-state index in [9.17, 15) is 14.7 Å². The minimum absolute atomic E-state index is 0.234. The monoisotopic (exact) mass is 237 g/mol. The Morgan fingerprint density at radius 1 is 1.41 bits per heavy atom. The molecule has 1 aliphatic carbocycles. The van der Waals surface area contributed by atoms with E-state index in [-0.39, 0.29) is 11.9 Å². The molecule has 0 aliphatic heterocycles. The molecule has 0 spiro atoms. The largest absolute Gasteiger partial charge is 0.481 e. The predicted molar refractivity (Wildman–Crippen MR) is 65.5 cm³/mol. The highest BCUT2D eigenvalue weighted by molar-refractivity contribution is 5.89. The Morgan fingerprint density at radius 2 is 2.12 bits per heavy atom. The Hall–Kier alpha value is -1.58. The van der Waals surface area contributed by atoms with Gasteiger partial charge < -0.3 is 10.4 Å². The van der Waals surface area contributed by atoms with Crippen molar-refractivity contribution in [2.24, 2.45) is 5.41 Å². The van der Waals surface area contributed by atoms with Crippen LogP contribution < -0.4 is 5.32 Å². The fourth-order valence-corrected chi connectivity index (χ4v) is 2.13. The lowest BCUT2D eigenvalue weighted by Crippen LogP contribution is -2.46. The molecule has 1 fully saturated rings. The molecule has 0 radical (unpaired) electrons. The first-order valence-corrected chi connectivity index (χ1v) is 5.84. The smallest absolute Gasteiger partial charge is 0.311 e. The lowest BCUT2D eigenvalue weighted by atomic mass is 9.85. The van der Waals surface area contributed by atoms with Crippen LogP contribution in [0.5, 0.6) is 0 Å². The molecule has 4 nitrogen and oxygen atoms in total. The van der Waals surface area contributed by atoms with Crippen molar-refractivity contribution in [3.8, 4) is 0 Å². The maximum absolute atomic E-state index is 11.6. The van der Waals surface area contributed by atoms with E-state index in [0.717, 1.165) is 12.8 Å². The van der Waals surface area contributed by atoms with Gasteiger partial charge in [0.05, 0.1) is 5.41 Å². The first kappa shape index (κ1) is 13.5. The van der Waals surface area contributed by atoms with Gasteiger partial charge in [-0.05, 0) is 26.7 Å². The summed E-state index contributed by atoms with van der Waals surface area (Å²) in [6.07, 6.45) is 8.82. The quantitative estimate of drug-likeness (QED) is 0.579. The number of carboxylic acids is 1. The Morgan fingerprint density at radius 3 is 2.71 bits per heavy atom. The van der Waals surface area contributed by atoms with Crippen LogP contribution in [0.2, 0.25) is 0 Å². The van der Waals surface area contributed by atoms with Crippen LogP contribution in [0.3, 0.4) is 0 Å². The van der Waals surface area contributed by atoms with E-state index < -0.39 is 11.4 Å². The fraction of sp³-hybridized carbons (Fsp3) is 0.538. The van der Waals surface area contributed by atoms with Crippen molar-refractivity contribution in [1.82, 2.24) is 5.32 Å². The van der Waals surface area contributed by atoms with E-state index in [2.05, 4.69) is 5.32 Å². The second-order valence-corrected chi connectivity index (χ2v) is 4.56. The number of carbonyl (C=O) groups excluding carboxylic acids is 1. The van der Waals surface area contributed by atoms with E-state index in [1.54, 1.807) is 19.1 Å². The van der Waals surface area contributed by atoms with Crippen molar-refractivity contribution in [1.29, 1.82) is 0 Å². The van der Waals surface area contributed by atoms with Gasteiger partial charge in [0.2, 0.25) is 5.91 Å². The Kier molecular flexibility index (Phi) is 4.49. The summed E-state index contributed by atoms with van der Waals surface area (Å²) in [4.78, 5) is 22.8. The molecule has 1 saturated carbocycles. The molecule has 1 amide bonds. The Labute approximate surface area is 101 Å². The molecule has 0 aromatic rings. The zero-order valence-electron chi connectivity index (χ0n) is 10.3. The molecule has 0 aromatic carbocycles. The minimum atomic E-state index is -0.835. The van der Waals surface area contributed by atoms with Crippen LogP contribution in [-0.4, -0.2) is 23.0 Å². The van der Waals surface area contributed by atoms with Gasteiger partial charge in [0.25, 0.3) is 0 Å². The second kappa shape index (κ2) is 5.66. The number of rotatable bonds is 4. The number of allylic oxidation sites excluding steroid dienone is 3. The van der Waals surface area contributed by atoms with Crippen molar-refractivity contribution in [3.63, 3.8) is 0 Å². The van der Waals surface area contributed by atoms with Crippen LogP contribution in [0, 0.1) is 5.41 Å². The first-order chi connectivity index (χ1) is 8.00. The Bertz CT molecular complexity index is 360. The Balaban J connectivity index is 2.62.